The molecule has 0 saturated carbocycles. The fourth-order valence-electron chi connectivity index (χ4n) is 3.91. The molecule has 9 heteroatoms. The van der Waals surface area contributed by atoms with Crippen LogP contribution in [0.2, 0.25) is 0 Å². The quantitative estimate of drug-likeness (QED) is 0.557. The van der Waals surface area contributed by atoms with Gasteiger partial charge in [0.25, 0.3) is 12.3 Å². The van der Waals surface area contributed by atoms with Gasteiger partial charge in [-0.05, 0) is 32.8 Å². The molecule has 0 bridgehead atoms. The van der Waals surface area contributed by atoms with Gasteiger partial charge in [-0.25, -0.2) is 18.3 Å². The number of esters is 1. The number of hydrogen-bond donors (Lipinski definition) is 0. The van der Waals surface area contributed by atoms with Crippen molar-refractivity contribution in [1.29, 1.82) is 0 Å². The Morgan fingerprint density at radius 3 is 2.50 bits per heavy atom. The summed E-state index contributed by atoms with van der Waals surface area (Å²) in [4.78, 5) is 31.2. The van der Waals surface area contributed by atoms with E-state index in [1.165, 1.54) is 12.3 Å². The van der Waals surface area contributed by atoms with Crippen molar-refractivity contribution in [2.24, 2.45) is 5.92 Å². The number of amides is 1. The van der Waals surface area contributed by atoms with Crippen LogP contribution < -0.4 is 0 Å². The van der Waals surface area contributed by atoms with Gasteiger partial charge in [0, 0.05) is 18.7 Å². The molecule has 2 aromatic heterocycles. The van der Waals surface area contributed by atoms with E-state index in [4.69, 9.17) is 4.74 Å². The summed E-state index contributed by atoms with van der Waals surface area (Å²) < 4.78 is 33.6. The Bertz CT molecular complexity index is 1140. The number of fused-ring (bicyclic) bond motifs is 1. The second kappa shape index (κ2) is 9.02. The summed E-state index contributed by atoms with van der Waals surface area (Å²) in [7, 11) is 0. The summed E-state index contributed by atoms with van der Waals surface area (Å²) >= 11 is 0. The Kier molecular flexibility index (Phi) is 6.16. The highest BCUT2D eigenvalue weighted by Crippen LogP contribution is 2.28. The van der Waals surface area contributed by atoms with Crippen molar-refractivity contribution < 1.29 is 23.1 Å². The first-order chi connectivity index (χ1) is 15.4. The Morgan fingerprint density at radius 1 is 1.19 bits per heavy atom. The Morgan fingerprint density at radius 2 is 1.88 bits per heavy atom. The van der Waals surface area contributed by atoms with Crippen LogP contribution in [0.5, 0.6) is 0 Å². The smallest absolute Gasteiger partial charge is 0.309 e. The van der Waals surface area contributed by atoms with Gasteiger partial charge in [0.1, 0.15) is 11.3 Å². The number of piperidine rings is 1. The zero-order valence-corrected chi connectivity index (χ0v) is 17.9. The largest absolute Gasteiger partial charge is 0.466 e. The number of aromatic nitrogens is 3. The van der Waals surface area contributed by atoms with E-state index < -0.39 is 6.43 Å². The lowest BCUT2D eigenvalue weighted by Crippen LogP contribution is -2.40. The number of ether oxygens (including phenoxy) is 1. The van der Waals surface area contributed by atoms with Crippen molar-refractivity contribution >= 4 is 17.5 Å². The molecule has 1 aliphatic rings. The van der Waals surface area contributed by atoms with Crippen molar-refractivity contribution in [3.63, 3.8) is 0 Å². The molecule has 1 aromatic carbocycles. The molecule has 0 N–H and O–H groups in total. The molecular weight excluding hydrogens is 418 g/mol. The second-order valence-corrected chi connectivity index (χ2v) is 7.85. The molecule has 0 aliphatic carbocycles. The van der Waals surface area contributed by atoms with E-state index in [-0.39, 0.29) is 34.7 Å². The van der Waals surface area contributed by atoms with Crippen molar-refractivity contribution in [2.45, 2.75) is 33.1 Å². The number of carbonyl (C=O) groups is 2. The van der Waals surface area contributed by atoms with E-state index in [1.807, 2.05) is 19.1 Å². The molecule has 3 heterocycles. The molecule has 1 saturated heterocycles. The summed E-state index contributed by atoms with van der Waals surface area (Å²) in [6, 6.07) is 8.66. The second-order valence-electron chi connectivity index (χ2n) is 7.85. The lowest BCUT2D eigenvalue weighted by molar-refractivity contribution is -0.149. The SMILES string of the molecule is CCOC(=O)C1CCN(C(=O)c2cnn3c(C(F)F)cc(-c4ccc(C)cc4)nc23)CC1. The zero-order chi connectivity index (χ0) is 22.8. The number of carbonyl (C=O) groups excluding carboxylic acids is 2. The van der Waals surface area contributed by atoms with Gasteiger partial charge >= 0.3 is 5.97 Å². The topological polar surface area (TPSA) is 76.8 Å². The molecule has 32 heavy (non-hydrogen) atoms. The number of aryl methyl sites for hydroxylation is 1. The molecule has 0 spiro atoms. The van der Waals surface area contributed by atoms with E-state index >= 15 is 0 Å². The number of benzene rings is 1. The highest BCUT2D eigenvalue weighted by atomic mass is 19.3. The first-order valence-electron chi connectivity index (χ1n) is 10.6. The Balaban J connectivity index is 1.65. The average molecular weight is 442 g/mol. The van der Waals surface area contributed by atoms with Gasteiger partial charge in [-0.3, -0.25) is 9.59 Å². The van der Waals surface area contributed by atoms with Crippen LogP contribution in [0.4, 0.5) is 8.78 Å². The number of alkyl halides is 2. The van der Waals surface area contributed by atoms with Gasteiger partial charge in [-0.15, -0.1) is 0 Å². The molecule has 1 amide bonds. The lowest BCUT2D eigenvalue weighted by atomic mass is 9.96. The number of rotatable bonds is 5. The van der Waals surface area contributed by atoms with E-state index in [9.17, 15) is 18.4 Å². The lowest BCUT2D eigenvalue weighted by Gasteiger charge is -2.30. The summed E-state index contributed by atoms with van der Waals surface area (Å²) in [6.07, 6.45) is -0.511. The van der Waals surface area contributed by atoms with Crippen LogP contribution in [0.3, 0.4) is 0 Å². The fourth-order valence-corrected chi connectivity index (χ4v) is 3.91. The van der Waals surface area contributed by atoms with Crippen molar-refractivity contribution in [2.75, 3.05) is 19.7 Å². The van der Waals surface area contributed by atoms with Gasteiger partial charge in [0.15, 0.2) is 5.65 Å². The molecule has 168 valence electrons. The van der Waals surface area contributed by atoms with E-state index in [1.54, 1.807) is 24.0 Å². The molecule has 7 nitrogen and oxygen atoms in total. The predicted molar refractivity (Wildman–Crippen MR) is 113 cm³/mol. The minimum atomic E-state index is -2.78. The highest BCUT2D eigenvalue weighted by molar-refractivity contribution is 6.00. The van der Waals surface area contributed by atoms with Crippen molar-refractivity contribution in [3.8, 4) is 11.3 Å². The normalized spacial score (nSPS) is 14.8. The van der Waals surface area contributed by atoms with Crippen LogP contribution in [0, 0.1) is 12.8 Å². The minimum absolute atomic E-state index is 0.0934. The zero-order valence-electron chi connectivity index (χ0n) is 17.9. The van der Waals surface area contributed by atoms with E-state index in [0.29, 0.717) is 43.8 Å². The fraction of sp³-hybridized carbons (Fsp3) is 0.391. The summed E-state index contributed by atoms with van der Waals surface area (Å²) in [6.45, 7) is 4.76. The van der Waals surface area contributed by atoms with Crippen LogP contribution in [0.1, 0.15) is 47.8 Å². The van der Waals surface area contributed by atoms with Gasteiger partial charge in [-0.2, -0.15) is 5.10 Å². The average Bonchev–Trinajstić information content (AvgIpc) is 3.22. The van der Waals surface area contributed by atoms with E-state index in [2.05, 4.69) is 10.1 Å². The Hall–Kier alpha value is -3.36. The third-order valence-corrected chi connectivity index (χ3v) is 5.70. The first kappa shape index (κ1) is 21.9. The van der Waals surface area contributed by atoms with Crippen LogP contribution in [0.25, 0.3) is 16.9 Å². The van der Waals surface area contributed by atoms with Gasteiger partial charge in [-0.1, -0.05) is 29.8 Å². The molecule has 0 unspecified atom stereocenters. The van der Waals surface area contributed by atoms with Crippen molar-refractivity contribution in [3.05, 3.63) is 53.3 Å². The summed E-state index contributed by atoms with van der Waals surface area (Å²) in [5, 5.41) is 4.02. The highest BCUT2D eigenvalue weighted by Gasteiger charge is 2.30. The first-order valence-corrected chi connectivity index (χ1v) is 10.6. The maximum atomic E-state index is 13.8. The monoisotopic (exact) mass is 442 g/mol. The van der Waals surface area contributed by atoms with Crippen LogP contribution in [-0.2, 0) is 9.53 Å². The van der Waals surface area contributed by atoms with Gasteiger partial charge in [0.2, 0.25) is 0 Å². The van der Waals surface area contributed by atoms with Crippen LogP contribution in [-0.4, -0.2) is 51.1 Å². The maximum absolute atomic E-state index is 13.8. The standard InChI is InChI=1S/C23H24F2N4O3/c1-3-32-23(31)16-8-10-28(11-9-16)22(30)17-13-26-29-19(20(24)25)12-18(27-21(17)29)15-6-4-14(2)5-7-15/h4-7,12-13,16,20H,3,8-11H2,1-2H3. The Labute approximate surface area is 184 Å². The number of hydrogen-bond acceptors (Lipinski definition) is 5. The molecule has 3 aromatic rings. The minimum Gasteiger partial charge on any atom is -0.466 e. The van der Waals surface area contributed by atoms with E-state index in [0.717, 1.165) is 10.1 Å². The third kappa shape index (κ3) is 4.19. The number of halogens is 2. The van der Waals surface area contributed by atoms with Crippen molar-refractivity contribution in [1.82, 2.24) is 19.5 Å². The third-order valence-electron chi connectivity index (χ3n) is 5.70. The number of likely N-dealkylation sites (tertiary alicyclic amines) is 1. The summed E-state index contributed by atoms with van der Waals surface area (Å²) in [5.41, 5.74) is 1.99. The molecule has 1 fully saturated rings. The molecule has 0 atom stereocenters. The number of nitrogens with zero attached hydrogens (tertiary/aromatic N) is 4. The van der Waals surface area contributed by atoms with Gasteiger partial charge < -0.3 is 9.64 Å². The molecular formula is C23H24F2N4O3. The van der Waals surface area contributed by atoms with Crippen LogP contribution >= 0.6 is 0 Å². The van der Waals surface area contributed by atoms with Gasteiger partial charge in [0.05, 0.1) is 24.4 Å². The molecule has 1 aliphatic heterocycles. The maximum Gasteiger partial charge on any atom is 0.309 e. The molecule has 4 rings (SSSR count). The summed E-state index contributed by atoms with van der Waals surface area (Å²) in [5.74, 6) is -0.822. The predicted octanol–water partition coefficient (Wildman–Crippen LogP) is 4.06. The van der Waals surface area contributed by atoms with Crippen LogP contribution in [0.15, 0.2) is 36.5 Å². The molecule has 0 radical (unpaired) electrons.